The molecule has 0 aliphatic rings. The van der Waals surface area contributed by atoms with E-state index in [1.807, 2.05) is 12.1 Å². The Hall–Kier alpha value is -2.09. The van der Waals surface area contributed by atoms with Crippen LogP contribution < -0.4 is 10.9 Å². The van der Waals surface area contributed by atoms with Crippen LogP contribution >= 0.6 is 0 Å². The zero-order valence-corrected chi connectivity index (χ0v) is 9.62. The van der Waals surface area contributed by atoms with Gasteiger partial charge in [0.1, 0.15) is 5.69 Å². The number of rotatable bonds is 4. The molecule has 1 unspecified atom stereocenters. The van der Waals surface area contributed by atoms with Crippen molar-refractivity contribution in [3.8, 4) is 0 Å². The minimum absolute atomic E-state index is 0.143. The van der Waals surface area contributed by atoms with E-state index in [-0.39, 0.29) is 5.69 Å². The Morgan fingerprint density at radius 1 is 1.39 bits per heavy atom. The highest BCUT2D eigenvalue weighted by atomic mass is 16.6. The highest BCUT2D eigenvalue weighted by molar-refractivity contribution is 5.93. The first-order chi connectivity index (χ1) is 8.70. The van der Waals surface area contributed by atoms with Crippen LogP contribution in [0.15, 0.2) is 30.5 Å². The van der Waals surface area contributed by atoms with E-state index in [9.17, 15) is 4.79 Å². The van der Waals surface area contributed by atoms with Gasteiger partial charge >= 0.3 is 0 Å². The summed E-state index contributed by atoms with van der Waals surface area (Å²) in [6.45, 7) is 0. The highest BCUT2D eigenvalue weighted by Gasteiger charge is 2.10. The summed E-state index contributed by atoms with van der Waals surface area (Å²) in [7, 11) is 1.29. The zero-order valence-electron chi connectivity index (χ0n) is 9.62. The summed E-state index contributed by atoms with van der Waals surface area (Å²) in [5.74, 6) is -0.510. The summed E-state index contributed by atoms with van der Waals surface area (Å²) in [4.78, 5) is 19.9. The molecule has 0 bridgehead atoms. The number of aliphatic hydroxyl groups is 1. The number of hydrogen-bond donors (Lipinski definition) is 3. The molecule has 0 aliphatic carbocycles. The fourth-order valence-corrected chi connectivity index (χ4v) is 1.32. The molecule has 0 spiro atoms. The smallest absolute Gasteiger partial charge is 0.285 e. The van der Waals surface area contributed by atoms with E-state index in [1.54, 1.807) is 12.1 Å². The first-order valence-electron chi connectivity index (χ1n) is 5.19. The van der Waals surface area contributed by atoms with Crippen LogP contribution in [0.3, 0.4) is 0 Å². The molecule has 7 nitrogen and oxygen atoms in total. The van der Waals surface area contributed by atoms with Crippen molar-refractivity contribution >= 4 is 16.9 Å². The number of aromatic nitrogens is 2. The lowest BCUT2D eigenvalue weighted by molar-refractivity contribution is -0.103. The van der Waals surface area contributed by atoms with E-state index in [2.05, 4.69) is 25.6 Å². The van der Waals surface area contributed by atoms with E-state index in [0.29, 0.717) is 11.0 Å². The fraction of sp³-hybridized carbons (Fsp3) is 0.182. The van der Waals surface area contributed by atoms with Crippen LogP contribution in [0.5, 0.6) is 0 Å². The van der Waals surface area contributed by atoms with Crippen molar-refractivity contribution < 1.29 is 14.6 Å². The number of nitrogens with zero attached hydrogens (tertiary/aromatic N) is 2. The van der Waals surface area contributed by atoms with Crippen molar-refractivity contribution in [1.82, 2.24) is 20.8 Å². The number of hydrazine groups is 1. The molecule has 94 valence electrons. The van der Waals surface area contributed by atoms with Gasteiger partial charge in [-0.1, -0.05) is 12.1 Å². The lowest BCUT2D eigenvalue weighted by Crippen LogP contribution is -2.45. The number of hydrogen-bond acceptors (Lipinski definition) is 6. The molecular weight excluding hydrogens is 236 g/mol. The molecule has 0 radical (unpaired) electrons. The van der Waals surface area contributed by atoms with E-state index in [0.717, 1.165) is 0 Å². The van der Waals surface area contributed by atoms with E-state index >= 15 is 0 Å². The maximum atomic E-state index is 11.7. The van der Waals surface area contributed by atoms with Gasteiger partial charge in [-0.3, -0.25) is 15.2 Å². The number of methoxy groups -OCH3 is 1. The molecule has 2 rings (SSSR count). The molecule has 1 heterocycles. The fourth-order valence-electron chi connectivity index (χ4n) is 1.32. The molecule has 3 N–H and O–H groups in total. The molecule has 0 saturated heterocycles. The molecular formula is C11H12N4O3. The number of nitrogens with one attached hydrogen (secondary N) is 2. The van der Waals surface area contributed by atoms with Crippen LogP contribution in [0.1, 0.15) is 10.5 Å². The average molecular weight is 248 g/mol. The number of carbonyl (C=O) groups excluding carboxylic acids is 1. The Morgan fingerprint density at radius 2 is 2.11 bits per heavy atom. The van der Waals surface area contributed by atoms with Crippen molar-refractivity contribution in [2.24, 2.45) is 0 Å². The van der Waals surface area contributed by atoms with Gasteiger partial charge in [0.15, 0.2) is 0 Å². The van der Waals surface area contributed by atoms with E-state index in [1.165, 1.54) is 13.3 Å². The number of benzene rings is 1. The normalized spacial score (nSPS) is 12.3. The van der Waals surface area contributed by atoms with E-state index < -0.39 is 12.3 Å². The van der Waals surface area contributed by atoms with Crippen molar-refractivity contribution in [3.63, 3.8) is 0 Å². The topological polar surface area (TPSA) is 96.4 Å². The maximum absolute atomic E-state index is 11.7. The molecule has 18 heavy (non-hydrogen) atoms. The Labute approximate surface area is 103 Å². The number of ether oxygens (including phenoxy) is 1. The van der Waals surface area contributed by atoms with Crippen molar-refractivity contribution in [2.45, 2.75) is 6.41 Å². The number of para-hydroxylation sites is 2. The standard InChI is InChI=1S/C11H12N4O3/c1-18-11(17)15-14-10(16)9-6-12-7-4-2-3-5-8(7)13-9/h2-6,11,15,17H,1H3,(H,14,16). The van der Waals surface area contributed by atoms with Gasteiger partial charge < -0.3 is 9.84 Å². The van der Waals surface area contributed by atoms with Gasteiger partial charge in [-0.25, -0.2) is 4.98 Å². The number of amides is 1. The van der Waals surface area contributed by atoms with Gasteiger partial charge in [0, 0.05) is 7.11 Å². The van der Waals surface area contributed by atoms with Crippen LogP contribution in [0.2, 0.25) is 0 Å². The largest absolute Gasteiger partial charge is 0.355 e. The minimum Gasteiger partial charge on any atom is -0.355 e. The van der Waals surface area contributed by atoms with Gasteiger partial charge in [0.05, 0.1) is 17.2 Å². The third-order valence-corrected chi connectivity index (χ3v) is 2.21. The summed E-state index contributed by atoms with van der Waals surface area (Å²) in [6.07, 6.45) is 0.0841. The lowest BCUT2D eigenvalue weighted by atomic mass is 10.3. The third-order valence-electron chi connectivity index (χ3n) is 2.21. The van der Waals surface area contributed by atoms with Gasteiger partial charge in [0.25, 0.3) is 5.91 Å². The minimum atomic E-state index is -1.28. The number of carbonyl (C=O) groups is 1. The summed E-state index contributed by atoms with van der Waals surface area (Å²) >= 11 is 0. The molecule has 1 aromatic heterocycles. The second-order valence-electron chi connectivity index (χ2n) is 3.43. The van der Waals surface area contributed by atoms with Crippen molar-refractivity contribution in [2.75, 3.05) is 7.11 Å². The molecule has 0 saturated carbocycles. The summed E-state index contributed by atoms with van der Waals surface area (Å²) in [5.41, 5.74) is 5.97. The first-order valence-corrected chi connectivity index (χ1v) is 5.19. The van der Waals surface area contributed by atoms with Crippen LogP contribution in [-0.4, -0.2) is 34.5 Å². The van der Waals surface area contributed by atoms with E-state index in [4.69, 9.17) is 5.11 Å². The molecule has 1 aromatic carbocycles. The summed E-state index contributed by atoms with van der Waals surface area (Å²) < 4.78 is 4.50. The van der Waals surface area contributed by atoms with Gasteiger partial charge in [-0.2, -0.15) is 5.43 Å². The third kappa shape index (κ3) is 2.77. The maximum Gasteiger partial charge on any atom is 0.285 e. The molecule has 2 aromatic rings. The lowest BCUT2D eigenvalue weighted by Gasteiger charge is -2.11. The first kappa shape index (κ1) is 12.4. The average Bonchev–Trinajstić information content (AvgIpc) is 2.43. The number of aliphatic hydroxyl groups excluding tert-OH is 1. The Bertz CT molecular complexity index is 561. The highest BCUT2D eigenvalue weighted by Crippen LogP contribution is 2.07. The Kier molecular flexibility index (Phi) is 3.78. The number of fused-ring (bicyclic) bond motifs is 1. The molecule has 1 amide bonds. The summed E-state index contributed by atoms with van der Waals surface area (Å²) in [5, 5.41) is 9.04. The van der Waals surface area contributed by atoms with Gasteiger partial charge in [-0.15, -0.1) is 0 Å². The van der Waals surface area contributed by atoms with Crippen molar-refractivity contribution in [1.29, 1.82) is 0 Å². The second kappa shape index (κ2) is 5.50. The van der Waals surface area contributed by atoms with Crippen molar-refractivity contribution in [3.05, 3.63) is 36.2 Å². The second-order valence-corrected chi connectivity index (χ2v) is 3.43. The summed E-state index contributed by atoms with van der Waals surface area (Å²) in [6, 6.07) is 7.21. The van der Waals surface area contributed by atoms with Gasteiger partial charge in [-0.05, 0) is 12.1 Å². The quantitative estimate of drug-likeness (QED) is 0.511. The molecule has 1 atom stereocenters. The molecule has 0 fully saturated rings. The Balaban J connectivity index is 2.13. The van der Waals surface area contributed by atoms with Crippen LogP contribution in [0, 0.1) is 0 Å². The van der Waals surface area contributed by atoms with Crippen LogP contribution in [0.4, 0.5) is 0 Å². The van der Waals surface area contributed by atoms with Crippen LogP contribution in [0.25, 0.3) is 11.0 Å². The molecule has 0 aliphatic heterocycles. The predicted molar refractivity (Wildman–Crippen MR) is 63.2 cm³/mol. The zero-order chi connectivity index (χ0) is 13.0. The Morgan fingerprint density at radius 3 is 2.83 bits per heavy atom. The SMILES string of the molecule is COC(O)NNC(=O)c1cnc2ccccc2n1. The van der Waals surface area contributed by atoms with Gasteiger partial charge in [0.2, 0.25) is 6.41 Å². The molecule has 7 heteroatoms. The monoisotopic (exact) mass is 248 g/mol. The predicted octanol–water partition coefficient (Wildman–Crippen LogP) is -0.214. The van der Waals surface area contributed by atoms with Crippen LogP contribution in [-0.2, 0) is 4.74 Å².